The Balaban J connectivity index is 2.00. The minimum absolute atomic E-state index is 0.00177. The Kier molecular flexibility index (Phi) is 3.91. The summed E-state index contributed by atoms with van der Waals surface area (Å²) >= 11 is 0. The molecule has 1 fully saturated rings. The summed E-state index contributed by atoms with van der Waals surface area (Å²) in [6.07, 6.45) is 5.68. The second kappa shape index (κ2) is 5.42. The summed E-state index contributed by atoms with van der Waals surface area (Å²) in [6, 6.07) is 0.520. The molecule has 0 saturated carbocycles. The van der Waals surface area contributed by atoms with E-state index in [4.69, 9.17) is 5.11 Å². The maximum atomic E-state index is 8.95. The minimum atomic E-state index is -0.00177. The van der Waals surface area contributed by atoms with Crippen LogP contribution >= 0.6 is 0 Å². The molecule has 0 radical (unpaired) electrons. The fraction of sp³-hybridized carbons (Fsp3) is 0.667. The predicted molar refractivity (Wildman–Crippen MR) is 66.9 cm³/mol. The number of nitrogens with zero attached hydrogens (tertiary/aromatic N) is 4. The number of piperidine rings is 1. The van der Waals surface area contributed by atoms with Crippen LogP contribution in [0, 0.1) is 0 Å². The molecule has 0 bridgehead atoms. The largest absolute Gasteiger partial charge is 0.392 e. The van der Waals surface area contributed by atoms with Gasteiger partial charge in [0.2, 0.25) is 5.95 Å². The highest BCUT2D eigenvalue weighted by molar-refractivity contribution is 5.30. The zero-order valence-corrected chi connectivity index (χ0v) is 10.5. The number of anilines is 1. The van der Waals surface area contributed by atoms with Gasteiger partial charge >= 0.3 is 0 Å². The van der Waals surface area contributed by atoms with Crippen LogP contribution in [0.3, 0.4) is 0 Å². The molecule has 0 amide bonds. The van der Waals surface area contributed by atoms with Gasteiger partial charge in [-0.2, -0.15) is 0 Å². The molecule has 0 atom stereocenters. The molecule has 17 heavy (non-hydrogen) atoms. The molecule has 2 heterocycles. The number of hydrogen-bond acceptors (Lipinski definition) is 5. The lowest BCUT2D eigenvalue weighted by Gasteiger charge is -2.35. The van der Waals surface area contributed by atoms with Crippen molar-refractivity contribution in [3.05, 3.63) is 18.0 Å². The molecule has 0 aliphatic carbocycles. The molecule has 1 aromatic heterocycles. The van der Waals surface area contributed by atoms with E-state index in [2.05, 4.69) is 26.8 Å². The van der Waals surface area contributed by atoms with Gasteiger partial charge in [-0.15, -0.1) is 0 Å². The smallest absolute Gasteiger partial charge is 0.225 e. The van der Waals surface area contributed by atoms with Crippen LogP contribution in [-0.2, 0) is 6.61 Å². The first-order valence-corrected chi connectivity index (χ1v) is 6.04. The number of hydrogen-bond donors (Lipinski definition) is 1. The summed E-state index contributed by atoms with van der Waals surface area (Å²) < 4.78 is 0. The molecule has 0 spiro atoms. The van der Waals surface area contributed by atoms with Crippen molar-refractivity contribution < 1.29 is 5.11 Å². The summed E-state index contributed by atoms with van der Waals surface area (Å²) in [5.41, 5.74) is 0.755. The lowest BCUT2D eigenvalue weighted by molar-refractivity contribution is 0.252. The van der Waals surface area contributed by atoms with Gasteiger partial charge in [0.1, 0.15) is 0 Å². The van der Waals surface area contributed by atoms with Crippen molar-refractivity contribution in [1.82, 2.24) is 14.9 Å². The predicted octanol–water partition coefficient (Wildman–Crippen LogP) is 0.499. The van der Waals surface area contributed by atoms with Crippen LogP contribution in [-0.4, -0.2) is 53.2 Å². The maximum absolute atomic E-state index is 8.95. The first-order valence-electron chi connectivity index (χ1n) is 6.04. The van der Waals surface area contributed by atoms with E-state index in [1.54, 1.807) is 12.4 Å². The molecule has 5 nitrogen and oxygen atoms in total. The van der Waals surface area contributed by atoms with Crippen molar-refractivity contribution in [2.24, 2.45) is 0 Å². The molecule has 1 aromatic rings. The minimum Gasteiger partial charge on any atom is -0.392 e. The number of aliphatic hydroxyl groups is 1. The fourth-order valence-electron chi connectivity index (χ4n) is 2.16. The molecule has 1 N–H and O–H groups in total. The van der Waals surface area contributed by atoms with Crippen LogP contribution in [0.2, 0.25) is 0 Å². The normalized spacial score (nSPS) is 18.3. The molecule has 0 aromatic carbocycles. The van der Waals surface area contributed by atoms with Crippen molar-refractivity contribution in [3.63, 3.8) is 0 Å². The van der Waals surface area contributed by atoms with Gasteiger partial charge in [0, 0.05) is 31.0 Å². The number of aromatic nitrogens is 2. The molecule has 5 heteroatoms. The Bertz CT molecular complexity index is 346. The van der Waals surface area contributed by atoms with Gasteiger partial charge in [0.25, 0.3) is 0 Å². The van der Waals surface area contributed by atoms with E-state index < -0.39 is 0 Å². The van der Waals surface area contributed by atoms with E-state index in [0.717, 1.165) is 37.4 Å². The van der Waals surface area contributed by atoms with E-state index in [0.29, 0.717) is 6.04 Å². The van der Waals surface area contributed by atoms with Crippen molar-refractivity contribution in [3.8, 4) is 0 Å². The highest BCUT2D eigenvalue weighted by Crippen LogP contribution is 2.18. The molecular weight excluding hydrogens is 216 g/mol. The highest BCUT2D eigenvalue weighted by atomic mass is 16.3. The third-order valence-corrected chi connectivity index (χ3v) is 3.43. The monoisotopic (exact) mass is 236 g/mol. The van der Waals surface area contributed by atoms with Gasteiger partial charge in [-0.05, 0) is 33.0 Å². The van der Waals surface area contributed by atoms with Gasteiger partial charge in [-0.3, -0.25) is 0 Å². The fourth-order valence-corrected chi connectivity index (χ4v) is 2.16. The Morgan fingerprint density at radius 1 is 1.35 bits per heavy atom. The SMILES string of the molecule is CN1CCC(N(C)c2ncc(CO)cn2)CC1. The van der Waals surface area contributed by atoms with E-state index in [1.165, 1.54) is 0 Å². The molecule has 94 valence electrons. The van der Waals surface area contributed by atoms with Crippen LogP contribution in [0.1, 0.15) is 18.4 Å². The Morgan fingerprint density at radius 2 is 1.94 bits per heavy atom. The summed E-state index contributed by atoms with van der Waals surface area (Å²) in [5, 5.41) is 8.95. The Labute approximate surface area is 102 Å². The Hall–Kier alpha value is -1.20. The summed E-state index contributed by atoms with van der Waals surface area (Å²) in [5.74, 6) is 0.747. The lowest BCUT2D eigenvalue weighted by atomic mass is 10.0. The number of rotatable bonds is 3. The van der Waals surface area contributed by atoms with E-state index in [1.807, 2.05) is 7.05 Å². The van der Waals surface area contributed by atoms with Crippen LogP contribution in [0.15, 0.2) is 12.4 Å². The quantitative estimate of drug-likeness (QED) is 0.828. The maximum Gasteiger partial charge on any atom is 0.225 e. The number of aliphatic hydroxyl groups excluding tert-OH is 1. The molecule has 1 saturated heterocycles. The first-order chi connectivity index (χ1) is 8.20. The zero-order valence-electron chi connectivity index (χ0n) is 10.5. The average molecular weight is 236 g/mol. The summed E-state index contributed by atoms with van der Waals surface area (Å²) in [6.45, 7) is 2.26. The second-order valence-electron chi connectivity index (χ2n) is 4.69. The van der Waals surface area contributed by atoms with Crippen molar-refractivity contribution in [2.75, 3.05) is 32.1 Å². The first kappa shape index (κ1) is 12.3. The highest BCUT2D eigenvalue weighted by Gasteiger charge is 2.21. The van der Waals surface area contributed by atoms with Gasteiger partial charge in [0.15, 0.2) is 0 Å². The van der Waals surface area contributed by atoms with Gasteiger partial charge in [0.05, 0.1) is 6.61 Å². The molecule has 2 rings (SSSR count). The molecule has 1 aliphatic heterocycles. The van der Waals surface area contributed by atoms with Gasteiger partial charge in [-0.1, -0.05) is 0 Å². The van der Waals surface area contributed by atoms with E-state index >= 15 is 0 Å². The molecule has 0 unspecified atom stereocenters. The Morgan fingerprint density at radius 3 is 2.47 bits per heavy atom. The summed E-state index contributed by atoms with van der Waals surface area (Å²) in [4.78, 5) is 13.1. The lowest BCUT2D eigenvalue weighted by Crippen LogP contribution is -2.42. The van der Waals surface area contributed by atoms with Gasteiger partial charge < -0.3 is 14.9 Å². The van der Waals surface area contributed by atoms with Gasteiger partial charge in [-0.25, -0.2) is 9.97 Å². The van der Waals surface area contributed by atoms with Crippen molar-refractivity contribution >= 4 is 5.95 Å². The van der Waals surface area contributed by atoms with Crippen LogP contribution in [0.4, 0.5) is 5.95 Å². The second-order valence-corrected chi connectivity index (χ2v) is 4.69. The van der Waals surface area contributed by atoms with E-state index in [-0.39, 0.29) is 6.61 Å². The number of likely N-dealkylation sites (tertiary alicyclic amines) is 1. The molecular formula is C12H20N4O. The van der Waals surface area contributed by atoms with Crippen LogP contribution in [0.5, 0.6) is 0 Å². The van der Waals surface area contributed by atoms with Crippen LogP contribution in [0.25, 0.3) is 0 Å². The zero-order chi connectivity index (χ0) is 12.3. The third-order valence-electron chi connectivity index (χ3n) is 3.43. The third kappa shape index (κ3) is 2.92. The van der Waals surface area contributed by atoms with Crippen molar-refractivity contribution in [2.45, 2.75) is 25.5 Å². The average Bonchev–Trinajstić information content (AvgIpc) is 2.39. The summed E-state index contributed by atoms with van der Waals surface area (Å²) in [7, 11) is 4.20. The standard InChI is InChI=1S/C12H20N4O/c1-15-5-3-11(4-6-15)16(2)12-13-7-10(9-17)8-14-12/h7-8,11,17H,3-6,9H2,1-2H3. The van der Waals surface area contributed by atoms with Crippen molar-refractivity contribution in [1.29, 1.82) is 0 Å². The van der Waals surface area contributed by atoms with E-state index in [9.17, 15) is 0 Å². The molecule has 1 aliphatic rings. The topological polar surface area (TPSA) is 52.5 Å². The van der Waals surface area contributed by atoms with Crippen LogP contribution < -0.4 is 4.90 Å².